The Morgan fingerprint density at radius 2 is 1.69 bits per heavy atom. The zero-order chi connectivity index (χ0) is 10.1. The van der Waals surface area contributed by atoms with Crippen molar-refractivity contribution in [3.05, 3.63) is 0 Å². The van der Waals surface area contributed by atoms with Gasteiger partial charge in [0.2, 0.25) is 0 Å². The molecule has 0 amide bonds. The highest BCUT2D eigenvalue weighted by molar-refractivity contribution is 5.49. The van der Waals surface area contributed by atoms with Crippen molar-refractivity contribution >= 4 is 6.29 Å². The van der Waals surface area contributed by atoms with Crippen molar-refractivity contribution in [1.29, 1.82) is 0 Å². The smallest absolute Gasteiger partial charge is 0.120 e. The van der Waals surface area contributed by atoms with Gasteiger partial charge < -0.3 is 4.79 Å². The van der Waals surface area contributed by atoms with E-state index < -0.39 is 0 Å². The first-order valence-corrected chi connectivity index (χ1v) is 5.71. The van der Waals surface area contributed by atoms with Crippen LogP contribution in [-0.4, -0.2) is 6.29 Å². The predicted molar refractivity (Wildman–Crippen MR) is 57.8 cm³/mol. The molecule has 0 bridgehead atoms. The molecule has 0 saturated heterocycles. The maximum absolute atomic E-state index is 10.4. The van der Waals surface area contributed by atoms with Crippen molar-refractivity contribution in [1.82, 2.24) is 0 Å². The Labute approximate surface area is 82.9 Å². The van der Waals surface area contributed by atoms with Crippen LogP contribution in [0.15, 0.2) is 0 Å². The van der Waals surface area contributed by atoms with Crippen LogP contribution in [0.25, 0.3) is 0 Å². The summed E-state index contributed by atoms with van der Waals surface area (Å²) in [5.74, 6) is 1.48. The molecule has 0 saturated carbocycles. The summed E-state index contributed by atoms with van der Waals surface area (Å²) in [6.07, 6.45) is 8.10. The van der Waals surface area contributed by atoms with Crippen LogP contribution in [0.2, 0.25) is 0 Å². The fourth-order valence-electron chi connectivity index (χ4n) is 1.93. The third-order valence-corrected chi connectivity index (χ3v) is 2.95. The molecule has 2 unspecified atom stereocenters. The number of hydrogen-bond acceptors (Lipinski definition) is 1. The van der Waals surface area contributed by atoms with E-state index in [-0.39, 0.29) is 0 Å². The van der Waals surface area contributed by atoms with Crippen LogP contribution in [0.1, 0.15) is 59.3 Å². The van der Waals surface area contributed by atoms with Crippen molar-refractivity contribution in [3.8, 4) is 0 Å². The van der Waals surface area contributed by atoms with Gasteiger partial charge in [0.25, 0.3) is 0 Å². The molecule has 0 spiro atoms. The van der Waals surface area contributed by atoms with Crippen LogP contribution in [-0.2, 0) is 4.79 Å². The summed E-state index contributed by atoms with van der Waals surface area (Å²) in [7, 11) is 0. The molecule has 0 rings (SSSR count). The second-order valence-electron chi connectivity index (χ2n) is 3.98. The zero-order valence-electron chi connectivity index (χ0n) is 9.38. The maximum Gasteiger partial charge on any atom is 0.120 e. The Bertz CT molecular complexity index is 120. The Morgan fingerprint density at radius 1 is 1.08 bits per heavy atom. The van der Waals surface area contributed by atoms with Crippen LogP contribution in [0, 0.1) is 11.8 Å². The molecule has 0 aromatic carbocycles. The van der Waals surface area contributed by atoms with Crippen LogP contribution < -0.4 is 0 Å². The largest absolute Gasteiger partial charge is 0.303 e. The number of carbonyl (C=O) groups excluding carboxylic acids is 1. The first-order valence-electron chi connectivity index (χ1n) is 5.71. The fourth-order valence-corrected chi connectivity index (χ4v) is 1.93. The molecule has 0 aliphatic heterocycles. The second-order valence-corrected chi connectivity index (χ2v) is 3.98. The van der Waals surface area contributed by atoms with Gasteiger partial charge in [-0.3, -0.25) is 0 Å². The van der Waals surface area contributed by atoms with E-state index in [2.05, 4.69) is 20.8 Å². The molecule has 0 radical (unpaired) electrons. The fraction of sp³-hybridized carbons (Fsp3) is 0.917. The van der Waals surface area contributed by atoms with Gasteiger partial charge in [0, 0.05) is 6.42 Å². The van der Waals surface area contributed by atoms with Gasteiger partial charge in [-0.1, -0.05) is 46.5 Å². The van der Waals surface area contributed by atoms with Crippen molar-refractivity contribution in [2.75, 3.05) is 0 Å². The number of aldehydes is 1. The van der Waals surface area contributed by atoms with Gasteiger partial charge in [0.05, 0.1) is 0 Å². The van der Waals surface area contributed by atoms with Crippen molar-refractivity contribution in [3.63, 3.8) is 0 Å². The first-order chi connectivity index (χ1) is 6.28. The summed E-state index contributed by atoms with van der Waals surface area (Å²) in [4.78, 5) is 10.4. The number of hydrogen-bond donors (Lipinski definition) is 0. The van der Waals surface area contributed by atoms with E-state index >= 15 is 0 Å². The van der Waals surface area contributed by atoms with Crippen LogP contribution >= 0.6 is 0 Å². The zero-order valence-corrected chi connectivity index (χ0v) is 9.38. The van der Waals surface area contributed by atoms with Crippen LogP contribution in [0.3, 0.4) is 0 Å². The van der Waals surface area contributed by atoms with Gasteiger partial charge in [0.1, 0.15) is 6.29 Å². The normalized spacial score (nSPS) is 15.3. The molecule has 0 aliphatic rings. The van der Waals surface area contributed by atoms with Crippen molar-refractivity contribution < 1.29 is 4.79 Å². The minimum Gasteiger partial charge on any atom is -0.303 e. The second kappa shape index (κ2) is 8.28. The molecule has 0 aromatic rings. The molecule has 0 fully saturated rings. The molecule has 0 aromatic heterocycles. The maximum atomic E-state index is 10.4. The summed E-state index contributed by atoms with van der Waals surface area (Å²) in [5.41, 5.74) is 0. The lowest BCUT2D eigenvalue weighted by molar-refractivity contribution is -0.108. The molecule has 1 heteroatoms. The number of carbonyl (C=O) groups is 1. The molecule has 0 N–H and O–H groups in total. The van der Waals surface area contributed by atoms with Gasteiger partial charge in [-0.05, 0) is 18.3 Å². The summed E-state index contributed by atoms with van der Waals surface area (Å²) >= 11 is 0. The van der Waals surface area contributed by atoms with Gasteiger partial charge >= 0.3 is 0 Å². The standard InChI is InChI=1S/C12H24O/c1-4-7-11(5-2)10-12(6-3)8-9-13/h9,11-12H,4-8,10H2,1-3H3. The summed E-state index contributed by atoms with van der Waals surface area (Å²) in [6.45, 7) is 6.68. The van der Waals surface area contributed by atoms with E-state index in [0.29, 0.717) is 5.92 Å². The summed E-state index contributed by atoms with van der Waals surface area (Å²) in [5, 5.41) is 0. The molecule has 0 heterocycles. The lowest BCUT2D eigenvalue weighted by atomic mass is 9.86. The highest BCUT2D eigenvalue weighted by Gasteiger charge is 2.12. The molecule has 0 aliphatic carbocycles. The van der Waals surface area contributed by atoms with Gasteiger partial charge in [-0.15, -0.1) is 0 Å². The Hall–Kier alpha value is -0.330. The van der Waals surface area contributed by atoms with E-state index in [4.69, 9.17) is 0 Å². The van der Waals surface area contributed by atoms with E-state index in [9.17, 15) is 4.79 Å². The van der Waals surface area contributed by atoms with E-state index in [1.807, 2.05) is 0 Å². The Balaban J connectivity index is 3.79. The van der Waals surface area contributed by atoms with Crippen LogP contribution in [0.4, 0.5) is 0 Å². The van der Waals surface area contributed by atoms with Gasteiger partial charge in [-0.25, -0.2) is 0 Å². The van der Waals surface area contributed by atoms with Crippen LogP contribution in [0.5, 0.6) is 0 Å². The summed E-state index contributed by atoms with van der Waals surface area (Å²) < 4.78 is 0. The first kappa shape index (κ1) is 12.7. The molecular weight excluding hydrogens is 160 g/mol. The van der Waals surface area contributed by atoms with E-state index in [0.717, 1.165) is 25.0 Å². The van der Waals surface area contributed by atoms with E-state index in [1.54, 1.807) is 0 Å². The average molecular weight is 184 g/mol. The quantitative estimate of drug-likeness (QED) is 0.524. The Kier molecular flexibility index (Phi) is 8.07. The molecular formula is C12H24O. The minimum absolute atomic E-state index is 0.633. The number of rotatable bonds is 8. The third kappa shape index (κ3) is 5.84. The van der Waals surface area contributed by atoms with Gasteiger partial charge in [-0.2, -0.15) is 0 Å². The minimum atomic E-state index is 0.633. The SMILES string of the molecule is CCCC(CC)CC(CC)CC=O. The highest BCUT2D eigenvalue weighted by atomic mass is 16.1. The Morgan fingerprint density at radius 3 is 2.08 bits per heavy atom. The predicted octanol–water partition coefficient (Wildman–Crippen LogP) is 3.82. The van der Waals surface area contributed by atoms with E-state index in [1.165, 1.54) is 25.7 Å². The topological polar surface area (TPSA) is 17.1 Å². The molecule has 1 nitrogen and oxygen atoms in total. The third-order valence-electron chi connectivity index (χ3n) is 2.95. The molecule has 13 heavy (non-hydrogen) atoms. The monoisotopic (exact) mass is 184 g/mol. The average Bonchev–Trinajstić information content (AvgIpc) is 2.16. The van der Waals surface area contributed by atoms with Crippen molar-refractivity contribution in [2.24, 2.45) is 11.8 Å². The lowest BCUT2D eigenvalue weighted by Gasteiger charge is -2.19. The molecule has 2 atom stereocenters. The lowest BCUT2D eigenvalue weighted by Crippen LogP contribution is -2.08. The molecule has 78 valence electrons. The summed E-state index contributed by atoms with van der Waals surface area (Å²) in [6, 6.07) is 0. The highest BCUT2D eigenvalue weighted by Crippen LogP contribution is 2.24. The van der Waals surface area contributed by atoms with Gasteiger partial charge in [0.15, 0.2) is 0 Å². The van der Waals surface area contributed by atoms with Crippen molar-refractivity contribution in [2.45, 2.75) is 59.3 Å².